The molecule has 6 heteroatoms. The molecule has 13 heavy (non-hydrogen) atoms. The first-order valence-corrected chi connectivity index (χ1v) is 4.62. The van der Waals surface area contributed by atoms with Gasteiger partial charge in [-0.15, -0.1) is 11.6 Å². The first-order chi connectivity index (χ1) is 5.89. The standard InChI is InChI=1S/C7H6Cl3NO2/c1-4-5(8)2-3-7(10,6(4)9)11(12)13/h2-3,6H,1H3. The molecule has 1 aliphatic carbocycles. The maximum Gasteiger partial charge on any atom is 0.333 e. The lowest BCUT2D eigenvalue weighted by Gasteiger charge is -2.24. The van der Waals surface area contributed by atoms with Gasteiger partial charge < -0.3 is 0 Å². The van der Waals surface area contributed by atoms with E-state index in [0.29, 0.717) is 10.6 Å². The zero-order chi connectivity index (χ0) is 10.2. The van der Waals surface area contributed by atoms with Crippen LogP contribution in [0.2, 0.25) is 0 Å². The SMILES string of the molecule is CC1=C(Cl)C=CC(Cl)([N+](=O)[O-])C1Cl. The van der Waals surface area contributed by atoms with Crippen LogP contribution in [0.15, 0.2) is 22.8 Å². The van der Waals surface area contributed by atoms with Crippen molar-refractivity contribution < 1.29 is 4.92 Å². The number of hydrogen-bond donors (Lipinski definition) is 0. The number of nitrogens with zero attached hydrogens (tertiary/aromatic N) is 1. The van der Waals surface area contributed by atoms with Crippen LogP contribution in [0, 0.1) is 10.1 Å². The van der Waals surface area contributed by atoms with E-state index >= 15 is 0 Å². The largest absolute Gasteiger partial charge is 0.333 e. The van der Waals surface area contributed by atoms with Gasteiger partial charge in [0.1, 0.15) is 5.38 Å². The molecule has 2 atom stereocenters. The maximum absolute atomic E-state index is 10.6. The van der Waals surface area contributed by atoms with Crippen LogP contribution >= 0.6 is 34.8 Å². The molecule has 1 aliphatic rings. The molecule has 0 saturated carbocycles. The van der Waals surface area contributed by atoms with Crippen LogP contribution < -0.4 is 0 Å². The molecule has 0 aromatic heterocycles. The van der Waals surface area contributed by atoms with Gasteiger partial charge in [0.2, 0.25) is 0 Å². The Morgan fingerprint density at radius 2 is 2.23 bits per heavy atom. The quantitative estimate of drug-likeness (QED) is 0.307. The summed E-state index contributed by atoms with van der Waals surface area (Å²) < 4.78 is 0. The monoisotopic (exact) mass is 241 g/mol. The van der Waals surface area contributed by atoms with Gasteiger partial charge in [0.15, 0.2) is 0 Å². The Kier molecular flexibility index (Phi) is 2.90. The van der Waals surface area contributed by atoms with Crippen molar-refractivity contribution in [1.29, 1.82) is 0 Å². The van der Waals surface area contributed by atoms with Crippen molar-refractivity contribution in [3.8, 4) is 0 Å². The van der Waals surface area contributed by atoms with E-state index in [9.17, 15) is 10.1 Å². The highest BCUT2D eigenvalue weighted by atomic mass is 35.5. The molecule has 0 bridgehead atoms. The van der Waals surface area contributed by atoms with E-state index < -0.39 is 15.3 Å². The zero-order valence-corrected chi connectivity index (χ0v) is 8.90. The van der Waals surface area contributed by atoms with Crippen molar-refractivity contribution in [2.75, 3.05) is 0 Å². The Morgan fingerprint density at radius 3 is 2.69 bits per heavy atom. The van der Waals surface area contributed by atoms with Gasteiger partial charge in [0.05, 0.1) is 0 Å². The number of alkyl halides is 2. The summed E-state index contributed by atoms with van der Waals surface area (Å²) in [7, 11) is 0. The molecule has 72 valence electrons. The smallest absolute Gasteiger partial charge is 0.262 e. The second-order valence-corrected chi connectivity index (χ2v) is 4.16. The molecule has 0 aromatic carbocycles. The molecule has 3 nitrogen and oxygen atoms in total. The fraction of sp³-hybridized carbons (Fsp3) is 0.429. The van der Waals surface area contributed by atoms with E-state index in [1.807, 2.05) is 0 Å². The van der Waals surface area contributed by atoms with Crippen molar-refractivity contribution in [2.45, 2.75) is 17.3 Å². The summed E-state index contributed by atoms with van der Waals surface area (Å²) in [5, 5.41) is 10.1. The number of hydrogen-bond acceptors (Lipinski definition) is 2. The molecule has 1 rings (SSSR count). The number of nitro groups is 1. The first kappa shape index (κ1) is 10.8. The number of allylic oxidation sites excluding steroid dienone is 2. The summed E-state index contributed by atoms with van der Waals surface area (Å²) >= 11 is 17.2. The molecular weight excluding hydrogens is 236 g/mol. The van der Waals surface area contributed by atoms with Gasteiger partial charge in [-0.2, -0.15) is 0 Å². The van der Waals surface area contributed by atoms with E-state index in [2.05, 4.69) is 0 Å². The number of rotatable bonds is 1. The molecule has 0 amide bonds. The third-order valence-electron chi connectivity index (χ3n) is 1.86. The molecule has 0 heterocycles. The Morgan fingerprint density at radius 1 is 1.69 bits per heavy atom. The Hall–Kier alpha value is -0.250. The Bertz CT molecular complexity index is 313. The van der Waals surface area contributed by atoms with Gasteiger partial charge in [-0.05, 0) is 30.2 Å². The summed E-state index contributed by atoms with van der Waals surface area (Å²) in [5.74, 6) is 0. The van der Waals surface area contributed by atoms with Gasteiger partial charge in [0, 0.05) is 16.0 Å². The predicted molar refractivity (Wildman–Crippen MR) is 52.9 cm³/mol. The van der Waals surface area contributed by atoms with Crippen molar-refractivity contribution in [3.05, 3.63) is 32.9 Å². The highest BCUT2D eigenvalue weighted by Gasteiger charge is 2.48. The second-order valence-electron chi connectivity index (χ2n) is 2.71. The van der Waals surface area contributed by atoms with E-state index in [1.165, 1.54) is 12.2 Å². The van der Waals surface area contributed by atoms with E-state index in [1.54, 1.807) is 6.92 Å². The van der Waals surface area contributed by atoms with E-state index in [4.69, 9.17) is 34.8 Å². The van der Waals surface area contributed by atoms with Crippen molar-refractivity contribution >= 4 is 34.8 Å². The zero-order valence-electron chi connectivity index (χ0n) is 6.63. The summed E-state index contributed by atoms with van der Waals surface area (Å²) in [5.41, 5.74) is 0.512. The lowest BCUT2D eigenvalue weighted by Crippen LogP contribution is -2.41. The molecule has 0 aromatic rings. The normalized spacial score (nSPS) is 33.7. The van der Waals surface area contributed by atoms with E-state index in [-0.39, 0.29) is 0 Å². The van der Waals surface area contributed by atoms with Gasteiger partial charge in [-0.25, -0.2) is 0 Å². The minimum Gasteiger partial charge on any atom is -0.262 e. The minimum absolute atomic E-state index is 0.401. The average molecular weight is 242 g/mol. The number of halogens is 3. The van der Waals surface area contributed by atoms with Crippen LogP contribution in [0.5, 0.6) is 0 Å². The van der Waals surface area contributed by atoms with Crippen molar-refractivity contribution in [1.82, 2.24) is 0 Å². The van der Waals surface area contributed by atoms with Crippen LogP contribution in [0.25, 0.3) is 0 Å². The molecular formula is C7H6Cl3NO2. The van der Waals surface area contributed by atoms with Crippen molar-refractivity contribution in [2.24, 2.45) is 0 Å². The second kappa shape index (κ2) is 3.48. The summed E-state index contributed by atoms with van der Waals surface area (Å²) in [6.07, 6.45) is 2.59. The van der Waals surface area contributed by atoms with E-state index in [0.717, 1.165) is 0 Å². The maximum atomic E-state index is 10.6. The summed E-state index contributed by atoms with van der Waals surface area (Å²) in [4.78, 5) is 8.21. The van der Waals surface area contributed by atoms with Gasteiger partial charge in [-0.3, -0.25) is 10.1 Å². The summed E-state index contributed by atoms with van der Waals surface area (Å²) in [6, 6.07) is 0. The van der Waals surface area contributed by atoms with Gasteiger partial charge >= 0.3 is 5.00 Å². The molecule has 0 fully saturated rings. The van der Waals surface area contributed by atoms with Crippen LogP contribution in [-0.4, -0.2) is 15.3 Å². The third-order valence-corrected chi connectivity index (χ3v) is 3.53. The van der Waals surface area contributed by atoms with Crippen molar-refractivity contribution in [3.63, 3.8) is 0 Å². The molecule has 0 radical (unpaired) electrons. The Balaban J connectivity index is 3.12. The lowest BCUT2D eigenvalue weighted by atomic mass is 10.0. The highest BCUT2D eigenvalue weighted by molar-refractivity contribution is 6.37. The molecule has 0 saturated heterocycles. The highest BCUT2D eigenvalue weighted by Crippen LogP contribution is 2.37. The Labute approximate surface area is 90.1 Å². The molecule has 0 aliphatic heterocycles. The predicted octanol–water partition coefficient (Wildman–Crippen LogP) is 2.89. The van der Waals surface area contributed by atoms with Crippen LogP contribution in [0.3, 0.4) is 0 Å². The topological polar surface area (TPSA) is 43.1 Å². The summed E-state index contributed by atoms with van der Waals surface area (Å²) in [6.45, 7) is 1.62. The van der Waals surface area contributed by atoms with Crippen LogP contribution in [-0.2, 0) is 0 Å². The van der Waals surface area contributed by atoms with Crippen LogP contribution in [0.4, 0.5) is 0 Å². The fourth-order valence-corrected chi connectivity index (χ4v) is 1.71. The minimum atomic E-state index is -1.77. The third kappa shape index (κ3) is 1.68. The van der Waals surface area contributed by atoms with Crippen LogP contribution in [0.1, 0.15) is 6.92 Å². The lowest BCUT2D eigenvalue weighted by molar-refractivity contribution is -0.526. The first-order valence-electron chi connectivity index (χ1n) is 3.42. The molecule has 2 unspecified atom stereocenters. The molecule has 0 N–H and O–H groups in total. The molecule has 0 spiro atoms. The van der Waals surface area contributed by atoms with Gasteiger partial charge in [0.25, 0.3) is 0 Å². The average Bonchev–Trinajstić information content (AvgIpc) is 2.08. The fourth-order valence-electron chi connectivity index (χ4n) is 0.984. The van der Waals surface area contributed by atoms with Gasteiger partial charge in [-0.1, -0.05) is 11.6 Å².